The maximum absolute atomic E-state index is 14.5. The molecule has 2 heterocycles. The fourth-order valence-corrected chi connectivity index (χ4v) is 9.76. The van der Waals surface area contributed by atoms with Gasteiger partial charge < -0.3 is 41.0 Å². The zero-order valence-corrected chi connectivity index (χ0v) is 37.3. The highest BCUT2D eigenvalue weighted by Crippen LogP contribution is 2.63. The molecule has 3 saturated carbocycles. The van der Waals surface area contributed by atoms with Gasteiger partial charge in [-0.05, 0) is 132 Å². The molecule has 0 atom stereocenters. The Morgan fingerprint density at radius 2 is 0.838 bits per heavy atom. The first-order chi connectivity index (χ1) is 32.8. The Balaban J connectivity index is 1.13. The summed E-state index contributed by atoms with van der Waals surface area (Å²) in [7, 11) is 0. The van der Waals surface area contributed by atoms with Crippen molar-refractivity contribution < 1.29 is 58.0 Å². The van der Waals surface area contributed by atoms with Crippen LogP contribution < -0.4 is 30.7 Å². The number of benzene rings is 4. The lowest BCUT2D eigenvalue weighted by Crippen LogP contribution is -2.86. The molecule has 344 valence electrons. The van der Waals surface area contributed by atoms with Crippen LogP contribution in [0.1, 0.15) is 88.7 Å². The first-order valence-electron chi connectivity index (χ1n) is 21.4. The zero-order valence-electron chi connectivity index (χ0n) is 35.6. The number of nitrogens with one attached hydrogen (secondary N) is 4. The molecule has 0 radical (unpaired) electrons. The van der Waals surface area contributed by atoms with E-state index in [0.29, 0.717) is 21.1 Å². The number of carboxylic acids is 2. The van der Waals surface area contributed by atoms with Crippen molar-refractivity contribution in [2.75, 3.05) is 10.6 Å². The van der Waals surface area contributed by atoms with Gasteiger partial charge >= 0.3 is 23.9 Å². The normalized spacial score (nSPS) is 20.4. The summed E-state index contributed by atoms with van der Waals surface area (Å²) in [6, 6.07) is 28.7. The summed E-state index contributed by atoms with van der Waals surface area (Å²) in [6.07, 6.45) is 3.07. The van der Waals surface area contributed by atoms with E-state index in [4.69, 9.17) is 9.47 Å². The molecule has 4 aromatic carbocycles. The Morgan fingerprint density at radius 1 is 0.485 bits per heavy atom. The molecule has 3 aliphatic rings. The van der Waals surface area contributed by atoms with Gasteiger partial charge in [-0.25, -0.2) is 19.2 Å². The molecule has 0 aliphatic heterocycles. The fraction of sp³-hybridized carbons (Fsp3) is 0.200. The van der Waals surface area contributed by atoms with Crippen LogP contribution in [0.5, 0.6) is 11.5 Å². The van der Waals surface area contributed by atoms with Crippen LogP contribution in [0.2, 0.25) is 0 Å². The SMILES string of the molecule is O=C(NC1(C(=O)O)C(c2ccc(OC(=O)c3cccs3)cc2)C(NC(=O)c2ccc(NC(=O)C3CC3)cc2)(C(=O)O)C1c1ccc(OC(=O)c2cccs2)cc1)c1ccc(NC(=O)C2CC2)cc1. The van der Waals surface area contributed by atoms with Crippen LogP contribution in [-0.2, 0) is 19.2 Å². The van der Waals surface area contributed by atoms with E-state index in [9.17, 15) is 48.6 Å². The van der Waals surface area contributed by atoms with Crippen molar-refractivity contribution >= 4 is 81.6 Å². The summed E-state index contributed by atoms with van der Waals surface area (Å²) >= 11 is 2.31. The Morgan fingerprint density at radius 3 is 1.13 bits per heavy atom. The van der Waals surface area contributed by atoms with Crippen LogP contribution in [0.25, 0.3) is 0 Å². The zero-order chi connectivity index (χ0) is 47.7. The minimum atomic E-state index is -2.57. The third kappa shape index (κ3) is 8.85. The number of amides is 4. The van der Waals surface area contributed by atoms with Crippen LogP contribution in [0.4, 0.5) is 11.4 Å². The van der Waals surface area contributed by atoms with Gasteiger partial charge in [-0.3, -0.25) is 19.2 Å². The van der Waals surface area contributed by atoms with Crippen molar-refractivity contribution in [1.82, 2.24) is 10.6 Å². The molecule has 0 bridgehead atoms. The lowest BCUT2D eigenvalue weighted by atomic mass is 9.43. The van der Waals surface area contributed by atoms with Gasteiger partial charge in [0.15, 0.2) is 11.1 Å². The van der Waals surface area contributed by atoms with E-state index in [1.54, 1.807) is 35.0 Å². The molecule has 6 N–H and O–H groups in total. The summed E-state index contributed by atoms with van der Waals surface area (Å²) in [5.41, 5.74) is -4.38. The summed E-state index contributed by atoms with van der Waals surface area (Å²) < 4.78 is 11.1. The topological polar surface area (TPSA) is 244 Å². The van der Waals surface area contributed by atoms with Gasteiger partial charge in [0, 0.05) is 34.3 Å². The number of carbonyl (C=O) groups excluding carboxylic acids is 6. The summed E-state index contributed by atoms with van der Waals surface area (Å²) in [4.78, 5) is 109. The average molecular weight is 953 g/mol. The van der Waals surface area contributed by atoms with E-state index in [2.05, 4.69) is 21.3 Å². The maximum atomic E-state index is 14.5. The summed E-state index contributed by atoms with van der Waals surface area (Å²) in [5.74, 6) is -10.6. The maximum Gasteiger partial charge on any atom is 0.353 e. The van der Waals surface area contributed by atoms with Gasteiger partial charge in [0.25, 0.3) is 11.8 Å². The number of ether oxygens (including phenoxy) is 2. The highest BCUT2D eigenvalue weighted by Gasteiger charge is 2.80. The van der Waals surface area contributed by atoms with E-state index < -0.39 is 58.6 Å². The van der Waals surface area contributed by atoms with Gasteiger partial charge in [0.1, 0.15) is 21.3 Å². The van der Waals surface area contributed by atoms with E-state index in [1.165, 1.54) is 97.1 Å². The molecule has 6 aromatic rings. The van der Waals surface area contributed by atoms with Crippen molar-refractivity contribution in [1.29, 1.82) is 0 Å². The molecular formula is C50H40N4O12S2. The third-order valence-corrected chi connectivity index (χ3v) is 13.9. The van der Waals surface area contributed by atoms with Gasteiger partial charge in [0.2, 0.25) is 11.8 Å². The molecule has 3 aliphatic carbocycles. The number of aliphatic carboxylic acids is 2. The van der Waals surface area contributed by atoms with Crippen LogP contribution in [0, 0.1) is 11.8 Å². The average Bonchev–Trinajstić information content (AvgIpc) is 4.25. The molecule has 16 nitrogen and oxygen atoms in total. The van der Waals surface area contributed by atoms with E-state index >= 15 is 0 Å². The second-order valence-corrected chi connectivity index (χ2v) is 18.6. The molecule has 0 saturated heterocycles. The van der Waals surface area contributed by atoms with Crippen LogP contribution in [-0.4, -0.2) is 68.8 Å². The van der Waals surface area contributed by atoms with Gasteiger partial charge in [-0.15, -0.1) is 22.7 Å². The number of carboxylic acid groups (broad SMARTS) is 2. The Hall–Kier alpha value is -7.96. The molecule has 4 amide bonds. The highest BCUT2D eigenvalue weighted by atomic mass is 32.1. The summed E-state index contributed by atoms with van der Waals surface area (Å²) in [6.45, 7) is 0. The van der Waals surface area contributed by atoms with E-state index in [1.807, 2.05) is 0 Å². The molecule has 2 aromatic heterocycles. The van der Waals surface area contributed by atoms with Crippen LogP contribution in [0.15, 0.2) is 132 Å². The van der Waals surface area contributed by atoms with E-state index in [-0.39, 0.29) is 57.4 Å². The fourth-order valence-electron chi connectivity index (χ4n) is 8.57. The number of carbonyl (C=O) groups is 8. The van der Waals surface area contributed by atoms with Crippen molar-refractivity contribution in [2.24, 2.45) is 11.8 Å². The Labute approximate surface area is 395 Å². The van der Waals surface area contributed by atoms with Gasteiger partial charge in [-0.1, -0.05) is 36.4 Å². The number of esters is 2. The van der Waals surface area contributed by atoms with Crippen LogP contribution >= 0.6 is 22.7 Å². The quantitative estimate of drug-likeness (QED) is 0.0413. The predicted molar refractivity (Wildman–Crippen MR) is 248 cm³/mol. The Kier molecular flexibility index (Phi) is 12.2. The lowest BCUT2D eigenvalue weighted by Gasteiger charge is -2.64. The van der Waals surface area contributed by atoms with E-state index in [0.717, 1.165) is 48.4 Å². The minimum absolute atomic E-state index is 0.0142. The smallest absolute Gasteiger partial charge is 0.353 e. The number of thiophene rings is 2. The number of hydrogen-bond donors (Lipinski definition) is 6. The van der Waals surface area contributed by atoms with Crippen molar-refractivity contribution in [3.05, 3.63) is 164 Å². The minimum Gasteiger partial charge on any atom is -0.479 e. The monoisotopic (exact) mass is 952 g/mol. The molecule has 18 heteroatoms. The molecular weight excluding hydrogens is 913 g/mol. The number of rotatable bonds is 16. The molecule has 9 rings (SSSR count). The first-order valence-corrected chi connectivity index (χ1v) is 23.2. The predicted octanol–water partition coefficient (Wildman–Crippen LogP) is 7.33. The second-order valence-electron chi connectivity index (χ2n) is 16.7. The molecule has 3 fully saturated rings. The second kappa shape index (κ2) is 18.4. The van der Waals surface area contributed by atoms with Crippen LogP contribution in [0.3, 0.4) is 0 Å². The standard InChI is InChI=1S/C50H40N4O12S2/c55-41(29-5-6-29)51-33-17-9-31(10-18-33)43(57)53-49(47(61)62)39(27-13-21-35(22-14-27)65-45(59)37-3-1-25-67-37)50(48(63)64,54-44(58)32-11-19-34(20-12-32)52-42(56)30-7-8-30)40(49)28-15-23-36(24-16-28)66-46(60)38-4-2-26-68-38/h1-4,9-26,29-30,39-40H,5-8H2,(H,51,55)(H,52,56)(H,53,57)(H,54,58)(H,61,62)(H,63,64). The molecule has 0 unspecified atom stereocenters. The van der Waals surface area contributed by atoms with Crippen molar-refractivity contribution in [2.45, 2.75) is 48.6 Å². The van der Waals surface area contributed by atoms with Crippen molar-refractivity contribution in [3.8, 4) is 11.5 Å². The molecule has 0 spiro atoms. The number of hydrogen-bond acceptors (Lipinski definition) is 12. The lowest BCUT2D eigenvalue weighted by molar-refractivity contribution is -0.171. The highest BCUT2D eigenvalue weighted by molar-refractivity contribution is 7.12. The molecule has 68 heavy (non-hydrogen) atoms. The first kappa shape index (κ1) is 45.2. The summed E-state index contributed by atoms with van der Waals surface area (Å²) in [5, 5.41) is 37.5. The number of anilines is 2. The van der Waals surface area contributed by atoms with Gasteiger partial charge in [-0.2, -0.15) is 0 Å². The third-order valence-electron chi connectivity index (χ3n) is 12.2. The van der Waals surface area contributed by atoms with Gasteiger partial charge in [0.05, 0.1) is 11.8 Å². The van der Waals surface area contributed by atoms with Crippen molar-refractivity contribution in [3.63, 3.8) is 0 Å². The Bertz CT molecular complexity index is 2720. The largest absolute Gasteiger partial charge is 0.479 e.